The van der Waals surface area contributed by atoms with Crippen molar-refractivity contribution in [2.24, 2.45) is 0 Å². The van der Waals surface area contributed by atoms with Crippen molar-refractivity contribution in [2.75, 3.05) is 18.0 Å². The first kappa shape index (κ1) is 14.7. The number of hydrogen-bond donors (Lipinski definition) is 1. The van der Waals surface area contributed by atoms with E-state index in [4.69, 9.17) is 0 Å². The maximum absolute atomic E-state index is 9.49. The Morgan fingerprint density at radius 3 is 2.62 bits per heavy atom. The molecule has 0 radical (unpaired) electrons. The fraction of sp³-hybridized carbons (Fsp3) is 0.588. The normalized spacial score (nSPS) is 25.7. The standard InChI is InChI=1S/C17H23N3S/c1-12-10-20(11-13(2)21-12)17-6-3-14(7-15(17)8-18)9-19-16-4-5-16/h3,6-7,12-13,16,19H,4-5,9-11H2,1-2H3. The van der Waals surface area contributed by atoms with Gasteiger partial charge in [-0.15, -0.1) is 0 Å². The lowest BCUT2D eigenvalue weighted by atomic mass is 10.1. The highest BCUT2D eigenvalue weighted by Crippen LogP contribution is 2.31. The number of anilines is 1. The van der Waals surface area contributed by atoms with Crippen molar-refractivity contribution in [2.45, 2.75) is 49.8 Å². The summed E-state index contributed by atoms with van der Waals surface area (Å²) in [5.74, 6) is 0. The maximum atomic E-state index is 9.49. The summed E-state index contributed by atoms with van der Waals surface area (Å²) in [6, 6.07) is 9.46. The van der Waals surface area contributed by atoms with E-state index in [0.717, 1.165) is 30.9 Å². The summed E-state index contributed by atoms with van der Waals surface area (Å²) >= 11 is 2.04. The smallest absolute Gasteiger partial charge is 0.101 e. The van der Waals surface area contributed by atoms with Crippen LogP contribution in [0, 0.1) is 11.3 Å². The predicted octanol–water partition coefficient (Wildman–Crippen LogP) is 3.14. The van der Waals surface area contributed by atoms with Gasteiger partial charge in [-0.05, 0) is 30.5 Å². The van der Waals surface area contributed by atoms with Gasteiger partial charge in [-0.3, -0.25) is 0 Å². The van der Waals surface area contributed by atoms with Crippen molar-refractivity contribution in [1.82, 2.24) is 5.32 Å². The quantitative estimate of drug-likeness (QED) is 0.927. The van der Waals surface area contributed by atoms with E-state index < -0.39 is 0 Å². The molecule has 3 rings (SSSR count). The Bertz CT molecular complexity index is 537. The van der Waals surface area contributed by atoms with Gasteiger partial charge in [-0.2, -0.15) is 17.0 Å². The van der Waals surface area contributed by atoms with Crippen LogP contribution in [0.15, 0.2) is 18.2 Å². The summed E-state index contributed by atoms with van der Waals surface area (Å²) in [6.45, 7) is 7.48. The number of nitrogens with one attached hydrogen (secondary N) is 1. The number of rotatable bonds is 4. The maximum Gasteiger partial charge on any atom is 0.101 e. The molecule has 1 saturated heterocycles. The van der Waals surface area contributed by atoms with Crippen LogP contribution in [0.2, 0.25) is 0 Å². The van der Waals surface area contributed by atoms with E-state index in [9.17, 15) is 5.26 Å². The van der Waals surface area contributed by atoms with E-state index in [2.05, 4.69) is 48.3 Å². The molecule has 1 heterocycles. The minimum atomic E-state index is 0.622. The van der Waals surface area contributed by atoms with Crippen LogP contribution in [0.4, 0.5) is 5.69 Å². The highest BCUT2D eigenvalue weighted by atomic mass is 32.2. The second-order valence-corrected chi connectivity index (χ2v) is 8.16. The molecular weight excluding hydrogens is 278 g/mol. The zero-order valence-corrected chi connectivity index (χ0v) is 13.6. The van der Waals surface area contributed by atoms with E-state index in [0.29, 0.717) is 16.5 Å². The molecule has 1 aromatic carbocycles. The van der Waals surface area contributed by atoms with Crippen molar-refractivity contribution in [3.63, 3.8) is 0 Å². The Balaban J connectivity index is 1.76. The van der Waals surface area contributed by atoms with Crippen LogP contribution in [0.5, 0.6) is 0 Å². The average Bonchev–Trinajstić information content (AvgIpc) is 3.28. The number of nitriles is 1. The molecule has 2 fully saturated rings. The minimum Gasteiger partial charge on any atom is -0.368 e. The lowest BCUT2D eigenvalue weighted by Crippen LogP contribution is -2.40. The first-order valence-electron chi connectivity index (χ1n) is 7.82. The summed E-state index contributed by atoms with van der Waals surface area (Å²) in [6.07, 6.45) is 2.59. The zero-order valence-electron chi connectivity index (χ0n) is 12.8. The number of benzene rings is 1. The molecule has 4 heteroatoms. The first-order chi connectivity index (χ1) is 10.2. The van der Waals surface area contributed by atoms with Gasteiger partial charge in [-0.1, -0.05) is 19.9 Å². The van der Waals surface area contributed by atoms with Crippen molar-refractivity contribution >= 4 is 17.4 Å². The van der Waals surface area contributed by atoms with Gasteiger partial charge in [0.25, 0.3) is 0 Å². The van der Waals surface area contributed by atoms with E-state index in [1.165, 1.54) is 18.4 Å². The third kappa shape index (κ3) is 3.72. The van der Waals surface area contributed by atoms with E-state index >= 15 is 0 Å². The fourth-order valence-corrected chi connectivity index (χ4v) is 4.31. The van der Waals surface area contributed by atoms with Gasteiger partial charge in [0.15, 0.2) is 0 Å². The molecule has 2 aliphatic rings. The Labute approximate surface area is 131 Å². The molecule has 2 atom stereocenters. The van der Waals surface area contributed by atoms with Crippen molar-refractivity contribution in [1.29, 1.82) is 5.26 Å². The van der Waals surface area contributed by atoms with Crippen LogP contribution in [0.1, 0.15) is 37.8 Å². The number of thioether (sulfide) groups is 1. The Hall–Kier alpha value is -1.18. The van der Waals surface area contributed by atoms with Crippen LogP contribution in [-0.2, 0) is 6.54 Å². The van der Waals surface area contributed by atoms with Gasteiger partial charge in [0.1, 0.15) is 6.07 Å². The fourth-order valence-electron chi connectivity index (χ4n) is 2.98. The van der Waals surface area contributed by atoms with E-state index in [-0.39, 0.29) is 0 Å². The monoisotopic (exact) mass is 301 g/mol. The molecule has 1 N–H and O–H groups in total. The molecule has 0 bridgehead atoms. The molecule has 1 aromatic rings. The van der Waals surface area contributed by atoms with Gasteiger partial charge in [-0.25, -0.2) is 0 Å². The van der Waals surface area contributed by atoms with Crippen LogP contribution in [-0.4, -0.2) is 29.6 Å². The molecule has 0 amide bonds. The van der Waals surface area contributed by atoms with Gasteiger partial charge < -0.3 is 10.2 Å². The third-order valence-electron chi connectivity index (χ3n) is 4.11. The molecule has 3 nitrogen and oxygen atoms in total. The van der Waals surface area contributed by atoms with Gasteiger partial charge >= 0.3 is 0 Å². The second-order valence-electron chi connectivity index (χ2n) is 6.28. The van der Waals surface area contributed by atoms with Crippen molar-refractivity contribution in [3.8, 4) is 6.07 Å². The van der Waals surface area contributed by atoms with Crippen LogP contribution >= 0.6 is 11.8 Å². The highest BCUT2D eigenvalue weighted by Gasteiger charge is 2.24. The Morgan fingerprint density at radius 2 is 2.00 bits per heavy atom. The summed E-state index contributed by atoms with van der Waals surface area (Å²) in [5, 5.41) is 14.2. The second kappa shape index (κ2) is 6.29. The molecule has 112 valence electrons. The lowest BCUT2D eigenvalue weighted by Gasteiger charge is -2.36. The molecule has 2 unspecified atom stereocenters. The molecule has 21 heavy (non-hydrogen) atoms. The van der Waals surface area contributed by atoms with Crippen molar-refractivity contribution < 1.29 is 0 Å². The Morgan fingerprint density at radius 1 is 1.29 bits per heavy atom. The predicted molar refractivity (Wildman–Crippen MR) is 89.7 cm³/mol. The Kier molecular flexibility index (Phi) is 4.42. The summed E-state index contributed by atoms with van der Waals surface area (Å²) in [7, 11) is 0. The lowest BCUT2D eigenvalue weighted by molar-refractivity contribution is 0.687. The van der Waals surface area contributed by atoms with E-state index in [1.54, 1.807) is 0 Å². The SMILES string of the molecule is CC1CN(c2ccc(CNC3CC3)cc2C#N)CC(C)S1. The first-order valence-corrected chi connectivity index (χ1v) is 8.77. The minimum absolute atomic E-state index is 0.622. The molecule has 1 aliphatic heterocycles. The average molecular weight is 301 g/mol. The molecule has 1 aliphatic carbocycles. The molecular formula is C17H23N3S. The van der Waals surface area contributed by atoms with Crippen molar-refractivity contribution in [3.05, 3.63) is 29.3 Å². The topological polar surface area (TPSA) is 39.1 Å². The summed E-state index contributed by atoms with van der Waals surface area (Å²) < 4.78 is 0. The van der Waals surface area contributed by atoms with Crippen LogP contribution in [0.3, 0.4) is 0 Å². The van der Waals surface area contributed by atoms with Crippen LogP contribution in [0.25, 0.3) is 0 Å². The van der Waals surface area contributed by atoms with Gasteiger partial charge in [0.05, 0.1) is 11.3 Å². The summed E-state index contributed by atoms with van der Waals surface area (Å²) in [5.41, 5.74) is 3.14. The molecule has 1 saturated carbocycles. The number of hydrogen-bond acceptors (Lipinski definition) is 4. The third-order valence-corrected chi connectivity index (χ3v) is 5.34. The molecule has 0 aromatic heterocycles. The zero-order chi connectivity index (χ0) is 14.8. The molecule has 0 spiro atoms. The van der Waals surface area contributed by atoms with Gasteiger partial charge in [0.2, 0.25) is 0 Å². The highest BCUT2D eigenvalue weighted by molar-refractivity contribution is 8.00. The largest absolute Gasteiger partial charge is 0.368 e. The van der Waals surface area contributed by atoms with Crippen LogP contribution < -0.4 is 10.2 Å². The number of nitrogens with zero attached hydrogens (tertiary/aromatic N) is 2. The van der Waals surface area contributed by atoms with Gasteiger partial charge in [0, 0.05) is 36.2 Å². The van der Waals surface area contributed by atoms with E-state index in [1.807, 2.05) is 11.8 Å². The summed E-state index contributed by atoms with van der Waals surface area (Å²) in [4.78, 5) is 2.38.